The minimum absolute atomic E-state index is 0.312. The van der Waals surface area contributed by atoms with E-state index in [1.807, 2.05) is 26.0 Å². The first-order chi connectivity index (χ1) is 15.5. The standard InChI is InChI=1S/C24H37N3O6/c1-7-8-9-13-27(19(28)15-26-23(31)33-24(3,4)5)21(18-12-10-11-17(2)14-18)22(30)25-16-20(29)32-6/h10-12,14,21H,7-9,13,15-16H2,1-6H3,(H,25,30)(H,26,31). The van der Waals surface area contributed by atoms with Crippen molar-refractivity contribution >= 4 is 23.9 Å². The van der Waals surface area contributed by atoms with Crippen LogP contribution in [0.15, 0.2) is 24.3 Å². The molecular formula is C24H37N3O6. The van der Waals surface area contributed by atoms with E-state index in [1.54, 1.807) is 32.9 Å². The summed E-state index contributed by atoms with van der Waals surface area (Å²) in [5.74, 6) is -1.54. The summed E-state index contributed by atoms with van der Waals surface area (Å²) in [6.45, 7) is 8.78. The number of esters is 1. The summed E-state index contributed by atoms with van der Waals surface area (Å²) in [5.41, 5.74) is 0.830. The number of methoxy groups -OCH3 is 1. The lowest BCUT2D eigenvalue weighted by atomic mass is 10.0. The Labute approximate surface area is 196 Å². The molecule has 0 aromatic heterocycles. The summed E-state index contributed by atoms with van der Waals surface area (Å²) < 4.78 is 9.80. The van der Waals surface area contributed by atoms with Crippen molar-refractivity contribution in [2.24, 2.45) is 0 Å². The van der Waals surface area contributed by atoms with Crippen LogP contribution >= 0.6 is 0 Å². The maximum atomic E-state index is 13.2. The largest absolute Gasteiger partial charge is 0.468 e. The van der Waals surface area contributed by atoms with Gasteiger partial charge in [0.2, 0.25) is 11.8 Å². The molecule has 9 heteroatoms. The molecule has 1 rings (SSSR count). The first-order valence-electron chi connectivity index (χ1n) is 11.2. The summed E-state index contributed by atoms with van der Waals surface area (Å²) in [6, 6.07) is 6.30. The number of hydrogen-bond donors (Lipinski definition) is 2. The summed E-state index contributed by atoms with van der Waals surface area (Å²) >= 11 is 0. The van der Waals surface area contributed by atoms with E-state index in [0.717, 1.165) is 18.4 Å². The Bertz CT molecular complexity index is 819. The molecule has 0 aliphatic rings. The molecule has 0 saturated heterocycles. The van der Waals surface area contributed by atoms with E-state index >= 15 is 0 Å². The van der Waals surface area contributed by atoms with Crippen molar-refractivity contribution in [3.8, 4) is 0 Å². The maximum absolute atomic E-state index is 13.2. The number of hydrogen-bond acceptors (Lipinski definition) is 6. The van der Waals surface area contributed by atoms with Crippen LogP contribution in [0.4, 0.5) is 4.79 Å². The molecule has 0 bridgehead atoms. The highest BCUT2D eigenvalue weighted by Crippen LogP contribution is 2.23. The maximum Gasteiger partial charge on any atom is 0.408 e. The molecule has 1 aromatic carbocycles. The predicted molar refractivity (Wildman–Crippen MR) is 124 cm³/mol. The van der Waals surface area contributed by atoms with Crippen molar-refractivity contribution in [1.29, 1.82) is 0 Å². The van der Waals surface area contributed by atoms with E-state index in [0.29, 0.717) is 18.5 Å². The molecule has 0 heterocycles. The van der Waals surface area contributed by atoms with Crippen molar-refractivity contribution in [3.63, 3.8) is 0 Å². The SMILES string of the molecule is CCCCCN(C(=O)CNC(=O)OC(C)(C)C)C(C(=O)NCC(=O)OC)c1cccc(C)c1. The second kappa shape index (κ2) is 13.4. The lowest BCUT2D eigenvalue weighted by molar-refractivity contribution is -0.143. The fourth-order valence-corrected chi connectivity index (χ4v) is 3.13. The highest BCUT2D eigenvalue weighted by molar-refractivity contribution is 5.91. The number of nitrogens with one attached hydrogen (secondary N) is 2. The van der Waals surface area contributed by atoms with Crippen LogP contribution < -0.4 is 10.6 Å². The molecule has 1 aromatic rings. The van der Waals surface area contributed by atoms with Crippen LogP contribution in [0.2, 0.25) is 0 Å². The predicted octanol–water partition coefficient (Wildman–Crippen LogP) is 2.87. The van der Waals surface area contributed by atoms with Crippen molar-refractivity contribution in [3.05, 3.63) is 35.4 Å². The highest BCUT2D eigenvalue weighted by atomic mass is 16.6. The number of carbonyl (C=O) groups excluding carboxylic acids is 4. The molecule has 0 aliphatic heterocycles. The third-order valence-electron chi connectivity index (χ3n) is 4.66. The summed E-state index contributed by atoms with van der Waals surface area (Å²) in [4.78, 5) is 51.4. The summed E-state index contributed by atoms with van der Waals surface area (Å²) in [7, 11) is 1.23. The van der Waals surface area contributed by atoms with Gasteiger partial charge in [0.15, 0.2) is 0 Å². The van der Waals surface area contributed by atoms with Crippen LogP contribution in [0.25, 0.3) is 0 Å². The monoisotopic (exact) mass is 463 g/mol. The summed E-state index contributed by atoms with van der Waals surface area (Å²) in [6.07, 6.45) is 1.77. The Hall–Kier alpha value is -3.10. The second-order valence-corrected chi connectivity index (χ2v) is 8.76. The fraction of sp³-hybridized carbons (Fsp3) is 0.583. The zero-order valence-corrected chi connectivity index (χ0v) is 20.5. The van der Waals surface area contributed by atoms with Gasteiger partial charge in [0.25, 0.3) is 0 Å². The van der Waals surface area contributed by atoms with Crippen molar-refractivity contribution in [2.45, 2.75) is 65.5 Å². The Morgan fingerprint density at radius 2 is 1.76 bits per heavy atom. The second-order valence-electron chi connectivity index (χ2n) is 8.76. The molecule has 9 nitrogen and oxygen atoms in total. The highest BCUT2D eigenvalue weighted by Gasteiger charge is 2.32. The third-order valence-corrected chi connectivity index (χ3v) is 4.66. The number of carbonyl (C=O) groups is 4. The molecule has 0 radical (unpaired) electrons. The van der Waals surface area contributed by atoms with E-state index < -0.39 is 35.5 Å². The lowest BCUT2D eigenvalue weighted by Gasteiger charge is -2.32. The Morgan fingerprint density at radius 1 is 1.06 bits per heavy atom. The number of benzene rings is 1. The third kappa shape index (κ3) is 10.4. The van der Waals surface area contributed by atoms with Crippen LogP contribution in [0.5, 0.6) is 0 Å². The van der Waals surface area contributed by atoms with Gasteiger partial charge in [0, 0.05) is 6.54 Å². The molecule has 0 spiro atoms. The minimum atomic E-state index is -0.973. The molecule has 3 amide bonds. The average molecular weight is 464 g/mol. The smallest absolute Gasteiger partial charge is 0.408 e. The molecule has 1 atom stereocenters. The Morgan fingerprint density at radius 3 is 2.33 bits per heavy atom. The minimum Gasteiger partial charge on any atom is -0.468 e. The lowest BCUT2D eigenvalue weighted by Crippen LogP contribution is -2.48. The van der Waals surface area contributed by atoms with Gasteiger partial charge in [0.1, 0.15) is 24.7 Å². The number of alkyl carbamates (subject to hydrolysis) is 1. The zero-order chi connectivity index (χ0) is 25.0. The average Bonchev–Trinajstić information content (AvgIpc) is 2.74. The van der Waals surface area contributed by atoms with Crippen LogP contribution in [0.3, 0.4) is 0 Å². The fourth-order valence-electron chi connectivity index (χ4n) is 3.13. The van der Waals surface area contributed by atoms with Crippen molar-refractivity contribution in [2.75, 3.05) is 26.7 Å². The van der Waals surface area contributed by atoms with Gasteiger partial charge in [0.05, 0.1) is 7.11 Å². The molecule has 33 heavy (non-hydrogen) atoms. The van der Waals surface area contributed by atoms with E-state index in [4.69, 9.17) is 4.74 Å². The number of unbranched alkanes of at least 4 members (excludes halogenated alkanes) is 2. The summed E-state index contributed by atoms with van der Waals surface area (Å²) in [5, 5.41) is 5.02. The molecular weight excluding hydrogens is 426 g/mol. The van der Waals surface area contributed by atoms with Crippen LogP contribution in [-0.2, 0) is 23.9 Å². The molecule has 0 aliphatic carbocycles. The van der Waals surface area contributed by atoms with Gasteiger partial charge in [-0.15, -0.1) is 0 Å². The van der Waals surface area contributed by atoms with Crippen molar-refractivity contribution < 1.29 is 28.7 Å². The van der Waals surface area contributed by atoms with E-state index in [9.17, 15) is 19.2 Å². The first-order valence-corrected chi connectivity index (χ1v) is 11.2. The topological polar surface area (TPSA) is 114 Å². The molecule has 2 N–H and O–H groups in total. The van der Waals surface area contributed by atoms with Crippen LogP contribution in [-0.4, -0.2) is 61.1 Å². The van der Waals surface area contributed by atoms with Gasteiger partial charge >= 0.3 is 12.1 Å². The number of rotatable bonds is 11. The van der Waals surface area contributed by atoms with Crippen molar-refractivity contribution in [1.82, 2.24) is 15.5 Å². The normalized spacial score (nSPS) is 11.8. The number of nitrogens with zero attached hydrogens (tertiary/aromatic N) is 1. The number of aryl methyl sites for hydroxylation is 1. The molecule has 0 fully saturated rings. The van der Waals surface area contributed by atoms with Gasteiger partial charge in [-0.25, -0.2) is 4.79 Å². The van der Waals surface area contributed by atoms with E-state index in [1.165, 1.54) is 12.0 Å². The first kappa shape index (κ1) is 27.9. The van der Waals surface area contributed by atoms with E-state index in [-0.39, 0.29) is 13.1 Å². The Balaban J connectivity index is 3.17. The van der Waals surface area contributed by atoms with Gasteiger partial charge in [-0.3, -0.25) is 14.4 Å². The van der Waals surface area contributed by atoms with Gasteiger partial charge in [-0.05, 0) is 39.7 Å². The van der Waals surface area contributed by atoms with Gasteiger partial charge < -0.3 is 25.0 Å². The van der Waals surface area contributed by atoms with Gasteiger partial charge in [-0.1, -0.05) is 49.6 Å². The van der Waals surface area contributed by atoms with Crippen LogP contribution in [0, 0.1) is 6.92 Å². The van der Waals surface area contributed by atoms with E-state index in [2.05, 4.69) is 15.4 Å². The molecule has 184 valence electrons. The molecule has 0 saturated carbocycles. The Kier molecular flexibility index (Phi) is 11.4. The van der Waals surface area contributed by atoms with Crippen LogP contribution in [0.1, 0.15) is 64.1 Å². The quantitative estimate of drug-likeness (QED) is 0.385. The molecule has 1 unspecified atom stereocenters. The van der Waals surface area contributed by atoms with Gasteiger partial charge in [-0.2, -0.15) is 0 Å². The number of ether oxygens (including phenoxy) is 2. The zero-order valence-electron chi connectivity index (χ0n) is 20.5. The number of amides is 3.